The van der Waals surface area contributed by atoms with E-state index in [1.807, 2.05) is 12.1 Å². The van der Waals surface area contributed by atoms with Crippen LogP contribution in [0.3, 0.4) is 0 Å². The third kappa shape index (κ3) is 3.74. The van der Waals surface area contributed by atoms with Crippen molar-refractivity contribution in [2.75, 3.05) is 0 Å². The maximum absolute atomic E-state index is 6.24. The topological polar surface area (TPSA) is 38.0 Å². The number of halogens is 2. The van der Waals surface area contributed by atoms with Crippen molar-refractivity contribution in [2.24, 2.45) is 5.84 Å². The molecule has 0 radical (unpaired) electrons. The van der Waals surface area contributed by atoms with E-state index in [1.54, 1.807) is 6.07 Å². The van der Waals surface area contributed by atoms with E-state index in [9.17, 15) is 0 Å². The molecule has 0 aliphatic rings. The van der Waals surface area contributed by atoms with Crippen LogP contribution in [0.15, 0.2) is 42.5 Å². The van der Waals surface area contributed by atoms with Gasteiger partial charge in [0.1, 0.15) is 0 Å². The molecular formula is C16H18Cl2N2. The Balaban J connectivity index is 2.09. The highest BCUT2D eigenvalue weighted by atomic mass is 35.5. The number of hydrazine groups is 1. The Bertz CT molecular complexity index is 567. The van der Waals surface area contributed by atoms with Gasteiger partial charge in [-0.2, -0.15) is 0 Å². The molecule has 0 saturated carbocycles. The predicted molar refractivity (Wildman–Crippen MR) is 86.0 cm³/mol. The lowest BCUT2D eigenvalue weighted by atomic mass is 9.99. The molecular weight excluding hydrogens is 291 g/mol. The average Bonchev–Trinajstić information content (AvgIpc) is 2.45. The summed E-state index contributed by atoms with van der Waals surface area (Å²) in [4.78, 5) is 0. The van der Waals surface area contributed by atoms with Gasteiger partial charge in [-0.05, 0) is 37.0 Å². The maximum Gasteiger partial charge on any atom is 0.0640 e. The van der Waals surface area contributed by atoms with Crippen LogP contribution in [0, 0.1) is 6.92 Å². The van der Waals surface area contributed by atoms with Gasteiger partial charge in [-0.1, -0.05) is 65.2 Å². The first kappa shape index (κ1) is 15.3. The first-order valence-corrected chi connectivity index (χ1v) is 7.33. The van der Waals surface area contributed by atoms with Crippen molar-refractivity contribution in [3.63, 3.8) is 0 Å². The second-order valence-corrected chi connectivity index (χ2v) is 5.67. The minimum absolute atomic E-state index is 0.0116. The van der Waals surface area contributed by atoms with Gasteiger partial charge >= 0.3 is 0 Å². The summed E-state index contributed by atoms with van der Waals surface area (Å²) >= 11 is 12.3. The Hall–Kier alpha value is -1.06. The van der Waals surface area contributed by atoms with Crippen molar-refractivity contribution >= 4 is 23.2 Å². The molecule has 106 valence electrons. The summed E-state index contributed by atoms with van der Waals surface area (Å²) < 4.78 is 0. The Labute approximate surface area is 129 Å². The summed E-state index contributed by atoms with van der Waals surface area (Å²) in [5.41, 5.74) is 6.31. The third-order valence-electron chi connectivity index (χ3n) is 3.40. The van der Waals surface area contributed by atoms with E-state index in [0.717, 1.165) is 18.4 Å². The molecule has 2 rings (SSSR count). The normalized spacial score (nSPS) is 12.4. The second-order valence-electron chi connectivity index (χ2n) is 4.89. The molecule has 0 heterocycles. The lowest BCUT2D eigenvalue weighted by Crippen LogP contribution is -2.28. The molecule has 0 bridgehead atoms. The molecule has 0 fully saturated rings. The fraction of sp³-hybridized carbons (Fsp3) is 0.250. The van der Waals surface area contributed by atoms with Gasteiger partial charge in [-0.3, -0.25) is 11.3 Å². The lowest BCUT2D eigenvalue weighted by molar-refractivity contribution is 0.516. The quantitative estimate of drug-likeness (QED) is 0.633. The number of aryl methyl sites for hydroxylation is 2. The molecule has 2 aromatic carbocycles. The van der Waals surface area contributed by atoms with Gasteiger partial charge in [0.2, 0.25) is 0 Å². The van der Waals surface area contributed by atoms with Crippen LogP contribution < -0.4 is 11.3 Å². The summed E-state index contributed by atoms with van der Waals surface area (Å²) in [5, 5.41) is 1.13. The number of hydrogen-bond acceptors (Lipinski definition) is 2. The number of nitrogens with one attached hydrogen (secondary N) is 1. The first-order chi connectivity index (χ1) is 9.61. The van der Waals surface area contributed by atoms with E-state index in [0.29, 0.717) is 10.0 Å². The fourth-order valence-corrected chi connectivity index (χ4v) is 2.62. The summed E-state index contributed by atoms with van der Waals surface area (Å²) in [7, 11) is 0. The lowest BCUT2D eigenvalue weighted by Gasteiger charge is -2.18. The molecule has 0 saturated heterocycles. The molecule has 1 unspecified atom stereocenters. The van der Waals surface area contributed by atoms with E-state index < -0.39 is 0 Å². The van der Waals surface area contributed by atoms with E-state index in [-0.39, 0.29) is 6.04 Å². The maximum atomic E-state index is 6.24. The monoisotopic (exact) mass is 308 g/mol. The Morgan fingerprint density at radius 3 is 2.45 bits per heavy atom. The van der Waals surface area contributed by atoms with Crippen LogP contribution in [0.25, 0.3) is 0 Å². The summed E-state index contributed by atoms with van der Waals surface area (Å²) in [6, 6.07) is 14.1. The van der Waals surface area contributed by atoms with Crippen LogP contribution in [0.4, 0.5) is 0 Å². The standard InChI is InChI=1S/C16H18Cl2N2/c1-11-5-7-12(8-6-11)9-10-15(20-19)13-3-2-4-14(17)16(13)18/h2-8,15,20H,9-10,19H2,1H3. The van der Waals surface area contributed by atoms with E-state index >= 15 is 0 Å². The number of rotatable bonds is 5. The first-order valence-electron chi connectivity index (χ1n) is 6.57. The van der Waals surface area contributed by atoms with Crippen LogP contribution in [0.5, 0.6) is 0 Å². The third-order valence-corrected chi connectivity index (χ3v) is 4.23. The van der Waals surface area contributed by atoms with E-state index in [1.165, 1.54) is 11.1 Å². The van der Waals surface area contributed by atoms with Gasteiger partial charge in [0.25, 0.3) is 0 Å². The van der Waals surface area contributed by atoms with Crippen molar-refractivity contribution in [2.45, 2.75) is 25.8 Å². The van der Waals surface area contributed by atoms with Gasteiger partial charge < -0.3 is 0 Å². The van der Waals surface area contributed by atoms with Gasteiger partial charge in [-0.15, -0.1) is 0 Å². The highest BCUT2D eigenvalue weighted by Gasteiger charge is 2.14. The van der Waals surface area contributed by atoms with Crippen LogP contribution in [-0.4, -0.2) is 0 Å². The predicted octanol–water partition coefficient (Wildman–Crippen LogP) is 4.44. The minimum atomic E-state index is -0.0116. The molecule has 0 aliphatic carbocycles. The average molecular weight is 309 g/mol. The SMILES string of the molecule is Cc1ccc(CCC(NN)c2cccc(Cl)c2Cl)cc1. The summed E-state index contributed by atoms with van der Waals surface area (Å²) in [5.74, 6) is 5.66. The molecule has 0 amide bonds. The summed E-state index contributed by atoms with van der Waals surface area (Å²) in [6.07, 6.45) is 1.79. The van der Waals surface area contributed by atoms with Gasteiger partial charge in [0.15, 0.2) is 0 Å². The zero-order chi connectivity index (χ0) is 14.5. The Kier molecular flexibility index (Phi) is 5.44. The van der Waals surface area contributed by atoms with Crippen LogP contribution >= 0.6 is 23.2 Å². The molecule has 0 aliphatic heterocycles. The van der Waals surface area contributed by atoms with Crippen molar-refractivity contribution < 1.29 is 0 Å². The number of nitrogens with two attached hydrogens (primary N) is 1. The highest BCUT2D eigenvalue weighted by molar-refractivity contribution is 6.42. The fourth-order valence-electron chi connectivity index (χ4n) is 2.18. The van der Waals surface area contributed by atoms with Gasteiger partial charge in [0.05, 0.1) is 10.0 Å². The largest absolute Gasteiger partial charge is 0.271 e. The smallest absolute Gasteiger partial charge is 0.0640 e. The molecule has 0 aromatic heterocycles. The van der Waals surface area contributed by atoms with Crippen LogP contribution in [-0.2, 0) is 6.42 Å². The Morgan fingerprint density at radius 2 is 1.80 bits per heavy atom. The van der Waals surface area contributed by atoms with Crippen molar-refractivity contribution in [3.8, 4) is 0 Å². The van der Waals surface area contributed by atoms with Crippen molar-refractivity contribution in [1.29, 1.82) is 0 Å². The molecule has 1 atom stereocenters. The van der Waals surface area contributed by atoms with Crippen LogP contribution in [0.2, 0.25) is 10.0 Å². The Morgan fingerprint density at radius 1 is 1.10 bits per heavy atom. The molecule has 0 spiro atoms. The second kappa shape index (κ2) is 7.09. The zero-order valence-corrected chi connectivity index (χ0v) is 12.9. The summed E-state index contributed by atoms with van der Waals surface area (Å²) in [6.45, 7) is 2.08. The molecule has 2 aromatic rings. The van der Waals surface area contributed by atoms with Crippen LogP contribution in [0.1, 0.15) is 29.2 Å². The molecule has 4 heteroatoms. The van der Waals surface area contributed by atoms with Gasteiger partial charge in [0, 0.05) is 6.04 Å². The molecule has 2 nitrogen and oxygen atoms in total. The molecule has 3 N–H and O–H groups in total. The highest BCUT2D eigenvalue weighted by Crippen LogP contribution is 2.31. The zero-order valence-electron chi connectivity index (χ0n) is 11.4. The van der Waals surface area contributed by atoms with Crippen molar-refractivity contribution in [1.82, 2.24) is 5.43 Å². The van der Waals surface area contributed by atoms with Gasteiger partial charge in [-0.25, -0.2) is 0 Å². The number of hydrogen-bond donors (Lipinski definition) is 2. The molecule has 20 heavy (non-hydrogen) atoms. The van der Waals surface area contributed by atoms with E-state index in [2.05, 4.69) is 36.6 Å². The number of benzene rings is 2. The van der Waals surface area contributed by atoms with Crippen molar-refractivity contribution in [3.05, 3.63) is 69.2 Å². The minimum Gasteiger partial charge on any atom is -0.271 e. The van der Waals surface area contributed by atoms with E-state index in [4.69, 9.17) is 29.0 Å².